The van der Waals surface area contributed by atoms with E-state index in [2.05, 4.69) is 5.32 Å². The molecule has 0 aliphatic carbocycles. The van der Waals surface area contributed by atoms with E-state index in [1.165, 1.54) is 0 Å². The van der Waals surface area contributed by atoms with Crippen molar-refractivity contribution in [2.24, 2.45) is 0 Å². The summed E-state index contributed by atoms with van der Waals surface area (Å²) in [7, 11) is 0. The highest BCUT2D eigenvalue weighted by atomic mass is 35.5. The number of benzene rings is 2. The molecule has 22 heavy (non-hydrogen) atoms. The Balaban J connectivity index is 2.44. The van der Waals surface area contributed by atoms with Crippen molar-refractivity contribution in [3.05, 3.63) is 63.7 Å². The maximum atomic E-state index is 13.7. The van der Waals surface area contributed by atoms with Crippen LogP contribution in [0.15, 0.2) is 30.3 Å². The van der Waals surface area contributed by atoms with Gasteiger partial charge in [-0.25, -0.2) is 8.78 Å². The largest absolute Gasteiger partial charge is 0.321 e. The van der Waals surface area contributed by atoms with Crippen LogP contribution in [0.4, 0.5) is 14.5 Å². The zero-order chi connectivity index (χ0) is 16.4. The van der Waals surface area contributed by atoms with Crippen molar-refractivity contribution in [3.63, 3.8) is 0 Å². The van der Waals surface area contributed by atoms with Crippen LogP contribution in [-0.4, -0.2) is 11.7 Å². The third-order valence-electron chi connectivity index (χ3n) is 3.02. The van der Waals surface area contributed by atoms with Gasteiger partial charge in [-0.05, 0) is 32.0 Å². The molecule has 0 spiro atoms. The smallest absolute Gasteiger partial charge is 0.257 e. The average Bonchev–Trinajstić information content (AvgIpc) is 2.40. The summed E-state index contributed by atoms with van der Waals surface area (Å²) in [5.41, 5.74) is 0.346. The summed E-state index contributed by atoms with van der Waals surface area (Å²) in [5, 5.41) is 2.53. The van der Waals surface area contributed by atoms with Gasteiger partial charge in [-0.1, -0.05) is 23.2 Å². The molecule has 1 N–H and O–H groups in total. The van der Waals surface area contributed by atoms with Crippen LogP contribution < -0.4 is 5.32 Å². The first kappa shape index (κ1) is 16.1. The third-order valence-corrected chi connectivity index (χ3v) is 3.35. The molecule has 0 radical (unpaired) electrons. The van der Waals surface area contributed by atoms with E-state index in [0.717, 1.165) is 18.6 Å². The van der Waals surface area contributed by atoms with Gasteiger partial charge in [-0.3, -0.25) is 9.59 Å². The van der Waals surface area contributed by atoms with Crippen LogP contribution in [0.25, 0.3) is 0 Å². The lowest BCUT2D eigenvalue weighted by atomic mass is 10.1. The summed E-state index contributed by atoms with van der Waals surface area (Å²) in [5.74, 6) is -3.20. The first-order chi connectivity index (χ1) is 10.3. The minimum Gasteiger partial charge on any atom is -0.321 e. The molecule has 0 aromatic heterocycles. The van der Waals surface area contributed by atoms with Crippen LogP contribution in [0, 0.1) is 18.6 Å². The Morgan fingerprint density at radius 2 is 1.82 bits per heavy atom. The van der Waals surface area contributed by atoms with E-state index in [-0.39, 0.29) is 21.8 Å². The monoisotopic (exact) mass is 323 g/mol. The molecule has 6 heteroatoms. The zero-order valence-corrected chi connectivity index (χ0v) is 12.6. The number of amides is 1. The highest BCUT2D eigenvalue weighted by Gasteiger charge is 2.19. The van der Waals surface area contributed by atoms with E-state index in [1.807, 2.05) is 0 Å². The number of rotatable bonds is 3. The van der Waals surface area contributed by atoms with Gasteiger partial charge in [-0.15, -0.1) is 0 Å². The lowest BCUT2D eigenvalue weighted by Crippen LogP contribution is -2.16. The van der Waals surface area contributed by atoms with Gasteiger partial charge in [0.25, 0.3) is 5.91 Å². The summed E-state index contributed by atoms with van der Waals surface area (Å²) in [4.78, 5) is 23.7. The topological polar surface area (TPSA) is 46.2 Å². The number of carbonyl (C=O) groups excluding carboxylic acids is 2. The van der Waals surface area contributed by atoms with Gasteiger partial charge in [-0.2, -0.15) is 0 Å². The van der Waals surface area contributed by atoms with Gasteiger partial charge in [0.05, 0.1) is 21.8 Å². The average molecular weight is 324 g/mol. The van der Waals surface area contributed by atoms with Crippen molar-refractivity contribution in [1.29, 1.82) is 0 Å². The molecule has 1 amide bonds. The van der Waals surface area contributed by atoms with Gasteiger partial charge in [0.1, 0.15) is 11.6 Å². The van der Waals surface area contributed by atoms with Crippen molar-refractivity contribution >= 4 is 29.0 Å². The van der Waals surface area contributed by atoms with Crippen molar-refractivity contribution in [2.75, 3.05) is 5.32 Å². The van der Waals surface area contributed by atoms with E-state index in [1.54, 1.807) is 25.1 Å². The molecule has 0 bridgehead atoms. The second kappa shape index (κ2) is 6.23. The maximum Gasteiger partial charge on any atom is 0.257 e. The fourth-order valence-electron chi connectivity index (χ4n) is 2.03. The number of hydrogen-bond donors (Lipinski definition) is 1. The van der Waals surface area contributed by atoms with Crippen LogP contribution in [0.1, 0.15) is 33.2 Å². The van der Waals surface area contributed by atoms with E-state index in [4.69, 9.17) is 11.6 Å². The minimum atomic E-state index is -1.03. The number of ketones is 1. The predicted molar refractivity (Wildman–Crippen MR) is 80.5 cm³/mol. The molecular formula is C16H12ClF2NO2. The molecule has 2 aromatic rings. The molecule has 114 valence electrons. The molecule has 0 saturated heterocycles. The number of halogens is 3. The number of Topliss-reactive ketones (excluding diaryl/α,β-unsaturated/α-hetero) is 1. The van der Waals surface area contributed by atoms with E-state index in [9.17, 15) is 18.4 Å². The molecular weight excluding hydrogens is 312 g/mol. The van der Waals surface area contributed by atoms with Gasteiger partial charge >= 0.3 is 0 Å². The first-order valence-corrected chi connectivity index (χ1v) is 6.75. The number of aryl methyl sites for hydroxylation is 1. The van der Waals surface area contributed by atoms with Gasteiger partial charge in [0.2, 0.25) is 0 Å². The molecule has 0 heterocycles. The summed E-state index contributed by atoms with van der Waals surface area (Å²) in [6.07, 6.45) is 0. The molecule has 0 atom stereocenters. The second-order valence-corrected chi connectivity index (χ2v) is 5.21. The molecule has 0 saturated carbocycles. The number of anilines is 1. The summed E-state index contributed by atoms with van der Waals surface area (Å²) >= 11 is 5.95. The van der Waals surface area contributed by atoms with Crippen LogP contribution in [0.2, 0.25) is 5.02 Å². The lowest BCUT2D eigenvalue weighted by molar-refractivity contribution is 0.101. The molecule has 0 unspecified atom stereocenters. The fraction of sp³-hybridized carbons (Fsp3) is 0.125. The zero-order valence-electron chi connectivity index (χ0n) is 11.8. The fourth-order valence-corrected chi connectivity index (χ4v) is 2.24. The van der Waals surface area contributed by atoms with Crippen LogP contribution >= 0.6 is 11.6 Å². The second-order valence-electron chi connectivity index (χ2n) is 4.80. The normalized spacial score (nSPS) is 10.4. The summed E-state index contributed by atoms with van der Waals surface area (Å²) in [6.45, 7) is 2.90. The van der Waals surface area contributed by atoms with Crippen LogP contribution in [0.3, 0.4) is 0 Å². The Kier molecular flexibility index (Phi) is 4.56. The van der Waals surface area contributed by atoms with Gasteiger partial charge < -0.3 is 5.32 Å². The van der Waals surface area contributed by atoms with Crippen LogP contribution in [-0.2, 0) is 0 Å². The van der Waals surface area contributed by atoms with E-state index >= 15 is 0 Å². The van der Waals surface area contributed by atoms with Crippen LogP contribution in [0.5, 0.6) is 0 Å². The van der Waals surface area contributed by atoms with Gasteiger partial charge in [0.15, 0.2) is 5.78 Å². The SMILES string of the molecule is CC(=O)c1c(F)cc(F)cc1NC(=O)c1cc(C)ccc1Cl. The summed E-state index contributed by atoms with van der Waals surface area (Å²) < 4.78 is 27.1. The van der Waals surface area contributed by atoms with Gasteiger partial charge in [0, 0.05) is 6.07 Å². The molecule has 2 aromatic carbocycles. The minimum absolute atomic E-state index is 0.154. The van der Waals surface area contributed by atoms with E-state index in [0.29, 0.717) is 6.07 Å². The molecule has 0 aliphatic rings. The Morgan fingerprint density at radius 3 is 2.45 bits per heavy atom. The number of nitrogens with one attached hydrogen (secondary N) is 1. The summed E-state index contributed by atoms with van der Waals surface area (Å²) in [6, 6.07) is 6.29. The Bertz CT molecular complexity index is 775. The molecule has 0 aliphatic heterocycles. The predicted octanol–water partition coefficient (Wildman–Crippen LogP) is 4.38. The highest BCUT2D eigenvalue weighted by molar-refractivity contribution is 6.34. The number of hydrogen-bond acceptors (Lipinski definition) is 2. The quantitative estimate of drug-likeness (QED) is 0.852. The lowest BCUT2D eigenvalue weighted by Gasteiger charge is -2.11. The van der Waals surface area contributed by atoms with Crippen molar-refractivity contribution < 1.29 is 18.4 Å². The Hall–Kier alpha value is -2.27. The van der Waals surface area contributed by atoms with Crippen molar-refractivity contribution in [3.8, 4) is 0 Å². The third kappa shape index (κ3) is 3.31. The first-order valence-electron chi connectivity index (χ1n) is 6.37. The number of carbonyl (C=O) groups is 2. The standard InChI is InChI=1S/C16H12ClF2NO2/c1-8-3-4-12(17)11(5-8)16(22)20-14-7-10(18)6-13(19)15(14)9(2)21/h3-7H,1-2H3,(H,20,22). The molecule has 2 rings (SSSR count). The molecule has 0 fully saturated rings. The Labute approximate surface area is 130 Å². The van der Waals surface area contributed by atoms with Crippen molar-refractivity contribution in [2.45, 2.75) is 13.8 Å². The highest BCUT2D eigenvalue weighted by Crippen LogP contribution is 2.24. The molecule has 3 nitrogen and oxygen atoms in total. The maximum absolute atomic E-state index is 13.7. The van der Waals surface area contributed by atoms with E-state index < -0.39 is 23.3 Å². The Morgan fingerprint density at radius 1 is 1.14 bits per heavy atom. The van der Waals surface area contributed by atoms with Crippen molar-refractivity contribution in [1.82, 2.24) is 0 Å².